The normalized spacial score (nSPS) is 20.0. The van der Waals surface area contributed by atoms with E-state index in [4.69, 9.17) is 0 Å². The zero-order chi connectivity index (χ0) is 31.8. The number of hydrogen-bond acceptors (Lipinski definition) is 7. The first-order valence-electron chi connectivity index (χ1n) is 14.5. The van der Waals surface area contributed by atoms with E-state index in [1.54, 1.807) is 0 Å². The van der Waals surface area contributed by atoms with Crippen molar-refractivity contribution >= 4 is 34.5 Å². The number of nitrogens with one attached hydrogen (secondary N) is 3. The van der Waals surface area contributed by atoms with Gasteiger partial charge in [0.2, 0.25) is 5.56 Å². The number of benzene rings is 1. The quantitative estimate of drug-likeness (QED) is 0.309. The first-order chi connectivity index (χ1) is 20.8. The topological polar surface area (TPSA) is 110 Å². The van der Waals surface area contributed by atoms with E-state index in [1.165, 1.54) is 18.3 Å². The molecule has 1 aromatic carbocycles. The van der Waals surface area contributed by atoms with Gasteiger partial charge in [-0.15, -0.1) is 11.3 Å². The van der Waals surface area contributed by atoms with Crippen molar-refractivity contribution in [2.24, 2.45) is 0 Å². The summed E-state index contributed by atoms with van der Waals surface area (Å²) in [5.74, 6) is -2.09. The minimum atomic E-state index is -4.96. The Bertz CT molecular complexity index is 1590. The molecule has 3 aromatic rings. The largest absolute Gasteiger partial charge is 0.417 e. The number of hydrogen-bond donors (Lipinski definition) is 3. The summed E-state index contributed by atoms with van der Waals surface area (Å²) in [6, 6.07) is 3.08. The molecule has 1 aliphatic heterocycles. The van der Waals surface area contributed by atoms with Crippen LogP contribution in [0.3, 0.4) is 0 Å². The summed E-state index contributed by atoms with van der Waals surface area (Å²) in [6.45, 7) is 4.93. The lowest BCUT2D eigenvalue weighted by atomic mass is 9.95. The van der Waals surface area contributed by atoms with E-state index >= 15 is 4.39 Å². The molecule has 3 N–H and O–H groups in total. The summed E-state index contributed by atoms with van der Waals surface area (Å²) in [6.07, 6.45) is 2.12. The molecule has 2 fully saturated rings. The van der Waals surface area contributed by atoms with E-state index in [2.05, 4.69) is 25.5 Å². The summed E-state index contributed by atoms with van der Waals surface area (Å²) in [5.41, 5.74) is -2.85. The molecule has 2 atom stereocenters. The van der Waals surface area contributed by atoms with E-state index in [0.29, 0.717) is 30.2 Å². The Hall–Kier alpha value is -3.78. The minimum Gasteiger partial charge on any atom is -0.367 e. The summed E-state index contributed by atoms with van der Waals surface area (Å²) < 4.78 is 57.0. The van der Waals surface area contributed by atoms with Crippen LogP contribution in [-0.2, 0) is 6.18 Å². The van der Waals surface area contributed by atoms with Gasteiger partial charge in [0.15, 0.2) is 0 Å². The van der Waals surface area contributed by atoms with Crippen LogP contribution in [0.25, 0.3) is 10.6 Å². The van der Waals surface area contributed by atoms with Crippen LogP contribution in [0, 0.1) is 5.82 Å². The Balaban J connectivity index is 1.51. The first kappa shape index (κ1) is 31.6. The summed E-state index contributed by atoms with van der Waals surface area (Å²) >= 11 is 0.986. The summed E-state index contributed by atoms with van der Waals surface area (Å²) in [4.78, 5) is 48.5. The van der Waals surface area contributed by atoms with Gasteiger partial charge in [0.05, 0.1) is 28.7 Å². The number of H-pyrrole nitrogens is 1. The lowest BCUT2D eigenvalue weighted by molar-refractivity contribution is -0.138. The number of carbonyl (C=O) groups is 2. The number of amides is 2. The molecule has 3 heterocycles. The van der Waals surface area contributed by atoms with Gasteiger partial charge in [-0.3, -0.25) is 19.3 Å². The Morgan fingerprint density at radius 3 is 2.39 bits per heavy atom. The number of likely N-dealkylation sites (N-methyl/N-ethyl adjacent to an activating group) is 1. The van der Waals surface area contributed by atoms with Gasteiger partial charge in [0.1, 0.15) is 15.7 Å². The Morgan fingerprint density at radius 2 is 1.73 bits per heavy atom. The standard InChI is InChI=1S/C30H34F4N6O3S/c1-16-14-40(15-17(2)39(16)3)24-11-22(31)19(29-36-13-25(44-29)28(43)37-18-7-5-4-6-8-18)9-23(24)38-27(42)20-12-35-26(41)10-21(20)30(32,33)34/h9-13,16-18H,4-8,14-15H2,1-3H3,(H,35,41)(H,37,43)(H,38,42)/t16-,17+. The van der Waals surface area contributed by atoms with Crippen molar-refractivity contribution in [3.63, 3.8) is 0 Å². The predicted molar refractivity (Wildman–Crippen MR) is 161 cm³/mol. The molecular weight excluding hydrogens is 600 g/mol. The number of thiazole rings is 1. The van der Waals surface area contributed by atoms with Crippen molar-refractivity contribution < 1.29 is 27.2 Å². The van der Waals surface area contributed by atoms with Gasteiger partial charge in [0, 0.05) is 55.1 Å². The van der Waals surface area contributed by atoms with Crippen LogP contribution in [-0.4, -0.2) is 64.9 Å². The van der Waals surface area contributed by atoms with Crippen LogP contribution in [0.15, 0.2) is 35.4 Å². The molecule has 9 nitrogen and oxygen atoms in total. The first-order valence-corrected chi connectivity index (χ1v) is 15.3. The Labute approximate surface area is 255 Å². The van der Waals surface area contributed by atoms with Gasteiger partial charge in [-0.2, -0.15) is 13.2 Å². The second-order valence-electron chi connectivity index (χ2n) is 11.5. The van der Waals surface area contributed by atoms with Crippen molar-refractivity contribution in [1.82, 2.24) is 20.2 Å². The second kappa shape index (κ2) is 12.7. The second-order valence-corrected chi connectivity index (χ2v) is 12.6. The van der Waals surface area contributed by atoms with Gasteiger partial charge in [-0.05, 0) is 39.8 Å². The molecular formula is C30H34F4N6O3S. The van der Waals surface area contributed by atoms with E-state index < -0.39 is 34.6 Å². The van der Waals surface area contributed by atoms with Crippen molar-refractivity contribution in [3.05, 3.63) is 62.8 Å². The number of piperazine rings is 1. The fourth-order valence-electron chi connectivity index (χ4n) is 5.78. The fraction of sp³-hybridized carbons (Fsp3) is 0.467. The molecule has 2 amide bonds. The van der Waals surface area contributed by atoms with Crippen LogP contribution >= 0.6 is 11.3 Å². The van der Waals surface area contributed by atoms with Crippen molar-refractivity contribution in [2.45, 2.75) is 70.3 Å². The molecule has 1 saturated heterocycles. The molecule has 2 aromatic heterocycles. The minimum absolute atomic E-state index is 0.0153. The highest BCUT2D eigenvalue weighted by Gasteiger charge is 2.36. The zero-order valence-corrected chi connectivity index (χ0v) is 25.4. The number of halogens is 4. The molecule has 1 saturated carbocycles. The van der Waals surface area contributed by atoms with Crippen LogP contribution in [0.2, 0.25) is 0 Å². The third kappa shape index (κ3) is 6.80. The van der Waals surface area contributed by atoms with Gasteiger partial charge < -0.3 is 20.5 Å². The Morgan fingerprint density at radius 1 is 1.05 bits per heavy atom. The molecule has 14 heteroatoms. The van der Waals surface area contributed by atoms with Gasteiger partial charge >= 0.3 is 6.18 Å². The maximum Gasteiger partial charge on any atom is 0.417 e. The number of carbonyl (C=O) groups excluding carboxylic acids is 2. The number of alkyl halides is 3. The van der Waals surface area contributed by atoms with E-state index in [0.717, 1.165) is 43.4 Å². The Kier molecular flexibility index (Phi) is 9.12. The third-order valence-corrected chi connectivity index (χ3v) is 9.44. The molecule has 236 valence electrons. The zero-order valence-electron chi connectivity index (χ0n) is 24.6. The monoisotopic (exact) mass is 634 g/mol. The van der Waals surface area contributed by atoms with Crippen molar-refractivity contribution in [3.8, 4) is 10.6 Å². The van der Waals surface area contributed by atoms with Crippen LogP contribution in [0.1, 0.15) is 71.5 Å². The van der Waals surface area contributed by atoms with Crippen LogP contribution < -0.4 is 21.1 Å². The van der Waals surface area contributed by atoms with Crippen molar-refractivity contribution in [1.29, 1.82) is 0 Å². The highest BCUT2D eigenvalue weighted by molar-refractivity contribution is 7.16. The molecule has 0 radical (unpaired) electrons. The number of pyridine rings is 1. The smallest absolute Gasteiger partial charge is 0.367 e. The highest BCUT2D eigenvalue weighted by Crippen LogP contribution is 2.38. The SMILES string of the molecule is C[C@@H]1CN(c2cc(F)c(-c3ncc(C(=O)NC4CCCCC4)s3)cc2NC(=O)c2c[nH]c(=O)cc2C(F)(F)F)C[C@H](C)N1C. The van der Waals surface area contributed by atoms with Crippen LogP contribution in [0.5, 0.6) is 0 Å². The number of anilines is 2. The van der Waals surface area contributed by atoms with Crippen molar-refractivity contribution in [2.75, 3.05) is 30.4 Å². The number of aromatic amines is 1. The maximum atomic E-state index is 15.8. The summed E-state index contributed by atoms with van der Waals surface area (Å²) in [7, 11) is 1.97. The van der Waals surface area contributed by atoms with E-state index in [-0.39, 0.29) is 46.0 Å². The molecule has 0 bridgehead atoms. The van der Waals surface area contributed by atoms with Crippen LogP contribution in [0.4, 0.5) is 28.9 Å². The molecule has 1 aliphatic carbocycles. The third-order valence-electron chi connectivity index (χ3n) is 8.41. The average Bonchev–Trinajstić information content (AvgIpc) is 3.47. The lowest BCUT2D eigenvalue weighted by Gasteiger charge is -2.44. The molecule has 0 spiro atoms. The predicted octanol–water partition coefficient (Wildman–Crippen LogP) is 5.50. The number of rotatable bonds is 6. The number of aromatic nitrogens is 2. The average molecular weight is 635 g/mol. The van der Waals surface area contributed by atoms with Gasteiger partial charge in [-0.25, -0.2) is 9.37 Å². The lowest BCUT2D eigenvalue weighted by Crippen LogP contribution is -2.55. The summed E-state index contributed by atoms with van der Waals surface area (Å²) in [5, 5.41) is 5.72. The molecule has 44 heavy (non-hydrogen) atoms. The highest BCUT2D eigenvalue weighted by atomic mass is 32.1. The van der Waals surface area contributed by atoms with Gasteiger partial charge in [-0.1, -0.05) is 19.3 Å². The van der Waals surface area contributed by atoms with E-state index in [9.17, 15) is 27.6 Å². The molecule has 0 unspecified atom stereocenters. The van der Waals surface area contributed by atoms with Gasteiger partial charge in [0.25, 0.3) is 11.8 Å². The fourth-order valence-corrected chi connectivity index (χ4v) is 6.62. The molecule has 5 rings (SSSR count). The molecule has 2 aliphatic rings. The maximum absolute atomic E-state index is 15.8. The number of nitrogens with zero attached hydrogens (tertiary/aromatic N) is 3. The van der Waals surface area contributed by atoms with E-state index in [1.807, 2.05) is 25.8 Å².